The van der Waals surface area contributed by atoms with Gasteiger partial charge in [-0.05, 0) is 31.4 Å². The summed E-state index contributed by atoms with van der Waals surface area (Å²) in [6.07, 6.45) is 8.32. The molecule has 72 valence electrons. The fourth-order valence-electron chi connectivity index (χ4n) is 1.69. The minimum absolute atomic E-state index is 0.530. The zero-order valence-electron chi connectivity index (χ0n) is 8.33. The van der Waals surface area contributed by atoms with E-state index in [1.807, 2.05) is 17.3 Å². The Morgan fingerprint density at radius 1 is 1.69 bits per heavy atom. The lowest BCUT2D eigenvalue weighted by Crippen LogP contribution is -2.18. The minimum atomic E-state index is 0.530. The van der Waals surface area contributed by atoms with Crippen LogP contribution in [0.1, 0.15) is 26.7 Å². The van der Waals surface area contributed by atoms with Gasteiger partial charge in [0.05, 0.1) is 0 Å². The molecule has 1 rings (SSSR count). The zero-order valence-corrected chi connectivity index (χ0v) is 9.22. The molecule has 0 saturated carbocycles. The van der Waals surface area contributed by atoms with Crippen molar-refractivity contribution in [3.05, 3.63) is 36.1 Å². The van der Waals surface area contributed by atoms with Gasteiger partial charge in [-0.25, -0.2) is 0 Å². The standard InChI is InChI=1S/C11H17NS/c1-4-7-9-8-10(5-2)12(13)11(9)6-3/h4,6-7,10,13H,3,5,8H2,1-2H3/b7-4-. The molecule has 0 bridgehead atoms. The fraction of sp³-hybridized carbons (Fsp3) is 0.455. The Balaban J connectivity index is 2.89. The van der Waals surface area contributed by atoms with Crippen molar-refractivity contribution < 1.29 is 0 Å². The minimum Gasteiger partial charge on any atom is -0.315 e. The van der Waals surface area contributed by atoms with Gasteiger partial charge in [-0.3, -0.25) is 0 Å². The maximum absolute atomic E-state index is 4.46. The Bertz CT molecular complexity index is 253. The third-order valence-electron chi connectivity index (χ3n) is 2.41. The Hall–Kier alpha value is -0.630. The first kappa shape index (κ1) is 10.5. The van der Waals surface area contributed by atoms with Crippen LogP contribution in [0, 0.1) is 0 Å². The molecule has 1 nitrogen and oxygen atoms in total. The van der Waals surface area contributed by atoms with Gasteiger partial charge in [-0.15, -0.1) is 0 Å². The lowest BCUT2D eigenvalue weighted by molar-refractivity contribution is 0.452. The lowest BCUT2D eigenvalue weighted by Gasteiger charge is -2.20. The van der Waals surface area contributed by atoms with E-state index < -0.39 is 0 Å². The van der Waals surface area contributed by atoms with E-state index >= 15 is 0 Å². The van der Waals surface area contributed by atoms with E-state index in [2.05, 4.69) is 38.5 Å². The molecule has 0 aliphatic carbocycles. The van der Waals surface area contributed by atoms with Crippen LogP contribution >= 0.6 is 12.8 Å². The predicted octanol–water partition coefficient (Wildman–Crippen LogP) is 3.33. The average molecular weight is 195 g/mol. The van der Waals surface area contributed by atoms with Crippen molar-refractivity contribution in [2.75, 3.05) is 0 Å². The molecule has 1 aliphatic heterocycles. The molecule has 1 heterocycles. The first-order valence-corrected chi connectivity index (χ1v) is 5.11. The number of rotatable bonds is 3. The molecule has 0 aromatic heterocycles. The Morgan fingerprint density at radius 3 is 2.85 bits per heavy atom. The van der Waals surface area contributed by atoms with E-state index in [4.69, 9.17) is 0 Å². The summed E-state index contributed by atoms with van der Waals surface area (Å²) in [5.74, 6) is 0. The third kappa shape index (κ3) is 1.99. The molecule has 0 amide bonds. The Morgan fingerprint density at radius 2 is 2.38 bits per heavy atom. The van der Waals surface area contributed by atoms with Crippen LogP contribution in [0.3, 0.4) is 0 Å². The molecule has 0 fully saturated rings. The van der Waals surface area contributed by atoms with Gasteiger partial charge in [0.15, 0.2) is 0 Å². The summed E-state index contributed by atoms with van der Waals surface area (Å²) in [5, 5.41) is 0. The van der Waals surface area contributed by atoms with Gasteiger partial charge in [0, 0.05) is 11.7 Å². The van der Waals surface area contributed by atoms with Crippen molar-refractivity contribution in [1.82, 2.24) is 4.31 Å². The van der Waals surface area contributed by atoms with Crippen LogP contribution in [0.5, 0.6) is 0 Å². The predicted molar refractivity (Wildman–Crippen MR) is 61.6 cm³/mol. The van der Waals surface area contributed by atoms with E-state index in [1.165, 1.54) is 5.57 Å². The van der Waals surface area contributed by atoms with Gasteiger partial charge in [-0.1, -0.05) is 38.5 Å². The van der Waals surface area contributed by atoms with Crippen LogP contribution in [0.15, 0.2) is 36.1 Å². The summed E-state index contributed by atoms with van der Waals surface area (Å²) in [4.78, 5) is 0. The molecule has 0 radical (unpaired) electrons. The van der Waals surface area contributed by atoms with Crippen molar-refractivity contribution in [2.45, 2.75) is 32.7 Å². The first-order chi connectivity index (χ1) is 6.24. The van der Waals surface area contributed by atoms with Crippen LogP contribution < -0.4 is 0 Å². The van der Waals surface area contributed by atoms with Gasteiger partial charge in [0.1, 0.15) is 0 Å². The van der Waals surface area contributed by atoms with Crippen molar-refractivity contribution in [1.29, 1.82) is 0 Å². The van der Waals surface area contributed by atoms with E-state index in [0.717, 1.165) is 18.5 Å². The van der Waals surface area contributed by atoms with E-state index in [0.29, 0.717) is 6.04 Å². The second-order valence-electron chi connectivity index (χ2n) is 3.23. The highest BCUT2D eigenvalue weighted by molar-refractivity contribution is 7.77. The fourth-order valence-corrected chi connectivity index (χ4v) is 2.14. The Labute approximate surface area is 86.4 Å². The smallest absolute Gasteiger partial charge is 0.0497 e. The summed E-state index contributed by atoms with van der Waals surface area (Å²) >= 11 is 4.46. The molecule has 1 atom stereocenters. The van der Waals surface area contributed by atoms with Crippen molar-refractivity contribution in [3.63, 3.8) is 0 Å². The molecule has 0 aromatic rings. The molecule has 0 aromatic carbocycles. The topological polar surface area (TPSA) is 3.24 Å². The molecule has 0 saturated heterocycles. The summed E-state index contributed by atoms with van der Waals surface area (Å²) < 4.78 is 2.03. The molecule has 0 spiro atoms. The van der Waals surface area contributed by atoms with Gasteiger partial charge in [0.25, 0.3) is 0 Å². The normalized spacial score (nSPS) is 23.3. The summed E-state index contributed by atoms with van der Waals surface area (Å²) in [6.45, 7) is 8.04. The Kier molecular flexibility index (Phi) is 3.67. The number of nitrogens with zero attached hydrogens (tertiary/aromatic N) is 1. The number of hydrogen-bond acceptors (Lipinski definition) is 2. The number of allylic oxidation sites excluding steroid dienone is 3. The van der Waals surface area contributed by atoms with Crippen LogP contribution in [0.2, 0.25) is 0 Å². The first-order valence-electron chi connectivity index (χ1n) is 4.71. The largest absolute Gasteiger partial charge is 0.315 e. The monoisotopic (exact) mass is 195 g/mol. The zero-order chi connectivity index (χ0) is 9.84. The van der Waals surface area contributed by atoms with Gasteiger partial charge >= 0.3 is 0 Å². The van der Waals surface area contributed by atoms with Crippen LogP contribution in [-0.2, 0) is 0 Å². The van der Waals surface area contributed by atoms with Crippen molar-refractivity contribution >= 4 is 12.8 Å². The maximum Gasteiger partial charge on any atom is 0.0497 e. The highest BCUT2D eigenvalue weighted by Crippen LogP contribution is 2.33. The van der Waals surface area contributed by atoms with Crippen LogP contribution in [0.25, 0.3) is 0 Å². The second kappa shape index (κ2) is 4.56. The highest BCUT2D eigenvalue weighted by Gasteiger charge is 2.25. The molecular weight excluding hydrogens is 178 g/mol. The van der Waals surface area contributed by atoms with Gasteiger partial charge < -0.3 is 4.31 Å². The summed E-state index contributed by atoms with van der Waals surface area (Å²) in [6, 6.07) is 0.530. The molecule has 0 N–H and O–H groups in total. The molecule has 1 aliphatic rings. The van der Waals surface area contributed by atoms with E-state index in [9.17, 15) is 0 Å². The van der Waals surface area contributed by atoms with E-state index in [-0.39, 0.29) is 0 Å². The molecule has 1 unspecified atom stereocenters. The average Bonchev–Trinajstić information content (AvgIpc) is 2.43. The lowest BCUT2D eigenvalue weighted by atomic mass is 10.1. The van der Waals surface area contributed by atoms with Gasteiger partial charge in [-0.2, -0.15) is 0 Å². The molecule has 13 heavy (non-hydrogen) atoms. The van der Waals surface area contributed by atoms with Crippen LogP contribution in [-0.4, -0.2) is 10.3 Å². The molecular formula is C11H17NS. The maximum atomic E-state index is 4.46. The summed E-state index contributed by atoms with van der Waals surface area (Å²) in [7, 11) is 0. The van der Waals surface area contributed by atoms with E-state index in [1.54, 1.807) is 0 Å². The summed E-state index contributed by atoms with van der Waals surface area (Å²) in [5.41, 5.74) is 2.51. The van der Waals surface area contributed by atoms with Crippen molar-refractivity contribution in [3.8, 4) is 0 Å². The van der Waals surface area contributed by atoms with Crippen LogP contribution in [0.4, 0.5) is 0 Å². The number of hydrogen-bond donors (Lipinski definition) is 1. The SMILES string of the molecule is C=CC1=C(/C=C\C)CC(CC)N1S. The third-order valence-corrected chi connectivity index (χ3v) is 2.95. The highest BCUT2D eigenvalue weighted by atomic mass is 32.1. The quantitative estimate of drug-likeness (QED) is 0.676. The van der Waals surface area contributed by atoms with Gasteiger partial charge in [0.2, 0.25) is 0 Å². The van der Waals surface area contributed by atoms with Crippen molar-refractivity contribution in [2.24, 2.45) is 0 Å². The number of thiol groups is 1. The molecule has 2 heteroatoms. The second-order valence-corrected chi connectivity index (χ2v) is 3.66.